The Morgan fingerprint density at radius 2 is 1.96 bits per heavy atom. The van der Waals surface area contributed by atoms with E-state index in [2.05, 4.69) is 50.1 Å². The molecule has 2 atom stereocenters. The third kappa shape index (κ3) is 3.49. The second-order valence-electron chi connectivity index (χ2n) is 7.03. The SMILES string of the molecule is N#Cc1cnc(N2CC[C@H]3[C@@H](CCCN3Cc3ccccc3)C2)cn1. The van der Waals surface area contributed by atoms with Crippen molar-refractivity contribution in [3.8, 4) is 6.07 Å². The van der Waals surface area contributed by atoms with Crippen LogP contribution < -0.4 is 4.90 Å². The van der Waals surface area contributed by atoms with Crippen molar-refractivity contribution < 1.29 is 0 Å². The fourth-order valence-electron chi connectivity index (χ4n) is 4.27. The van der Waals surface area contributed by atoms with Gasteiger partial charge in [0.1, 0.15) is 11.9 Å². The molecule has 0 amide bonds. The molecular formula is C20H23N5. The maximum absolute atomic E-state index is 8.87. The number of anilines is 1. The monoisotopic (exact) mass is 333 g/mol. The molecule has 25 heavy (non-hydrogen) atoms. The minimum absolute atomic E-state index is 0.380. The Kier molecular flexibility index (Phi) is 4.62. The second kappa shape index (κ2) is 7.20. The van der Waals surface area contributed by atoms with Gasteiger partial charge in [-0.05, 0) is 37.3 Å². The second-order valence-corrected chi connectivity index (χ2v) is 7.03. The van der Waals surface area contributed by atoms with Gasteiger partial charge < -0.3 is 4.90 Å². The zero-order valence-corrected chi connectivity index (χ0v) is 14.4. The zero-order chi connectivity index (χ0) is 17.1. The molecule has 1 aromatic heterocycles. The lowest BCUT2D eigenvalue weighted by Crippen LogP contribution is -2.53. The number of nitrogens with zero attached hydrogens (tertiary/aromatic N) is 5. The third-order valence-electron chi connectivity index (χ3n) is 5.49. The molecule has 2 fully saturated rings. The molecule has 2 aliphatic rings. The number of fused-ring (bicyclic) bond motifs is 1. The van der Waals surface area contributed by atoms with Gasteiger partial charge in [-0.15, -0.1) is 0 Å². The van der Waals surface area contributed by atoms with Crippen molar-refractivity contribution in [2.75, 3.05) is 24.5 Å². The minimum Gasteiger partial charge on any atom is -0.355 e. The summed E-state index contributed by atoms with van der Waals surface area (Å²) in [5.41, 5.74) is 1.79. The van der Waals surface area contributed by atoms with Gasteiger partial charge in [-0.25, -0.2) is 9.97 Å². The van der Waals surface area contributed by atoms with Crippen molar-refractivity contribution in [1.82, 2.24) is 14.9 Å². The maximum atomic E-state index is 8.87. The first-order chi connectivity index (χ1) is 12.3. The number of piperidine rings is 2. The highest BCUT2D eigenvalue weighted by Gasteiger charge is 2.36. The van der Waals surface area contributed by atoms with E-state index in [1.54, 1.807) is 12.4 Å². The normalized spacial score (nSPS) is 23.7. The maximum Gasteiger partial charge on any atom is 0.158 e. The molecule has 2 aliphatic heterocycles. The summed E-state index contributed by atoms with van der Waals surface area (Å²) in [6.07, 6.45) is 7.03. The molecule has 0 aliphatic carbocycles. The highest BCUT2D eigenvalue weighted by molar-refractivity contribution is 5.38. The van der Waals surface area contributed by atoms with Crippen LogP contribution in [0, 0.1) is 17.2 Å². The van der Waals surface area contributed by atoms with Gasteiger partial charge in [0.05, 0.1) is 12.4 Å². The van der Waals surface area contributed by atoms with Gasteiger partial charge in [-0.2, -0.15) is 5.26 Å². The van der Waals surface area contributed by atoms with Crippen LogP contribution in [0.25, 0.3) is 0 Å². The van der Waals surface area contributed by atoms with Crippen molar-refractivity contribution in [3.63, 3.8) is 0 Å². The van der Waals surface area contributed by atoms with Crippen LogP contribution in [0.4, 0.5) is 5.82 Å². The standard InChI is InChI=1S/C20H23N5/c21-11-18-12-23-20(13-22-18)25-10-8-19-17(15-25)7-4-9-24(19)14-16-5-2-1-3-6-16/h1-3,5-6,12-13,17,19H,4,7-10,14-15H2/t17-,19-/m0/s1. The van der Waals surface area contributed by atoms with E-state index in [1.807, 2.05) is 6.07 Å². The lowest BCUT2D eigenvalue weighted by molar-refractivity contribution is 0.0700. The smallest absolute Gasteiger partial charge is 0.158 e. The summed E-state index contributed by atoms with van der Waals surface area (Å²) >= 11 is 0. The van der Waals surface area contributed by atoms with Gasteiger partial charge in [0.15, 0.2) is 5.69 Å². The number of benzene rings is 1. The molecule has 0 N–H and O–H groups in total. The van der Waals surface area contributed by atoms with Crippen LogP contribution >= 0.6 is 0 Å². The number of rotatable bonds is 3. The summed E-state index contributed by atoms with van der Waals surface area (Å²) in [7, 11) is 0. The van der Waals surface area contributed by atoms with Gasteiger partial charge in [0.25, 0.3) is 0 Å². The van der Waals surface area contributed by atoms with Gasteiger partial charge in [0, 0.05) is 25.7 Å². The van der Waals surface area contributed by atoms with E-state index < -0.39 is 0 Å². The Hall–Kier alpha value is -2.45. The van der Waals surface area contributed by atoms with Gasteiger partial charge >= 0.3 is 0 Å². The van der Waals surface area contributed by atoms with Crippen LogP contribution in [0.2, 0.25) is 0 Å². The van der Waals surface area contributed by atoms with Crippen molar-refractivity contribution >= 4 is 5.82 Å². The molecule has 0 radical (unpaired) electrons. The molecular weight excluding hydrogens is 310 g/mol. The first-order valence-electron chi connectivity index (χ1n) is 9.08. The molecule has 4 rings (SSSR count). The summed E-state index contributed by atoms with van der Waals surface area (Å²) in [6.45, 7) is 4.30. The van der Waals surface area contributed by atoms with Gasteiger partial charge in [0.2, 0.25) is 0 Å². The van der Waals surface area contributed by atoms with Crippen molar-refractivity contribution in [1.29, 1.82) is 5.26 Å². The van der Waals surface area contributed by atoms with Crippen LogP contribution in [0.5, 0.6) is 0 Å². The molecule has 0 saturated carbocycles. The summed E-state index contributed by atoms with van der Waals surface area (Å²) in [4.78, 5) is 13.6. The quantitative estimate of drug-likeness (QED) is 0.864. The van der Waals surface area contributed by atoms with Crippen LogP contribution in [0.3, 0.4) is 0 Å². The molecule has 3 heterocycles. The molecule has 5 nitrogen and oxygen atoms in total. The summed E-state index contributed by atoms with van der Waals surface area (Å²) in [5, 5.41) is 8.87. The lowest BCUT2D eigenvalue weighted by Gasteiger charge is -2.47. The highest BCUT2D eigenvalue weighted by atomic mass is 15.2. The third-order valence-corrected chi connectivity index (χ3v) is 5.49. The first kappa shape index (κ1) is 16.0. The molecule has 2 aromatic rings. The Balaban J connectivity index is 1.44. The fraction of sp³-hybridized carbons (Fsp3) is 0.450. The molecule has 0 unspecified atom stereocenters. The Morgan fingerprint density at radius 3 is 2.72 bits per heavy atom. The van der Waals surface area contributed by atoms with Gasteiger partial charge in [-0.1, -0.05) is 30.3 Å². The minimum atomic E-state index is 0.380. The summed E-state index contributed by atoms with van der Waals surface area (Å²) in [5.74, 6) is 1.58. The Bertz CT molecular complexity index is 737. The number of likely N-dealkylation sites (tertiary alicyclic amines) is 1. The van der Waals surface area contributed by atoms with Crippen molar-refractivity contribution in [2.45, 2.75) is 31.8 Å². The average molecular weight is 333 g/mol. The predicted molar refractivity (Wildman–Crippen MR) is 96.9 cm³/mol. The number of hydrogen-bond donors (Lipinski definition) is 0. The molecule has 0 spiro atoms. The zero-order valence-electron chi connectivity index (χ0n) is 14.4. The fourth-order valence-corrected chi connectivity index (χ4v) is 4.27. The summed E-state index contributed by atoms with van der Waals surface area (Å²) in [6, 6.07) is 13.5. The first-order valence-corrected chi connectivity index (χ1v) is 9.08. The van der Waals surface area contributed by atoms with Gasteiger partial charge in [-0.3, -0.25) is 4.90 Å². The predicted octanol–water partition coefficient (Wildman–Crippen LogP) is 2.84. The van der Waals surface area contributed by atoms with Crippen LogP contribution in [0.15, 0.2) is 42.7 Å². The molecule has 0 bridgehead atoms. The molecule has 5 heteroatoms. The highest BCUT2D eigenvalue weighted by Crippen LogP contribution is 2.33. The van der Waals surface area contributed by atoms with E-state index in [0.29, 0.717) is 17.7 Å². The Labute approximate surface area is 148 Å². The molecule has 2 saturated heterocycles. The molecule has 1 aromatic carbocycles. The largest absolute Gasteiger partial charge is 0.355 e. The Morgan fingerprint density at radius 1 is 1.08 bits per heavy atom. The van der Waals surface area contributed by atoms with E-state index in [1.165, 1.54) is 31.4 Å². The van der Waals surface area contributed by atoms with Crippen molar-refractivity contribution in [3.05, 3.63) is 54.0 Å². The van der Waals surface area contributed by atoms with E-state index in [0.717, 1.165) is 25.5 Å². The van der Waals surface area contributed by atoms with E-state index >= 15 is 0 Å². The number of nitriles is 1. The van der Waals surface area contributed by atoms with E-state index in [9.17, 15) is 0 Å². The lowest BCUT2D eigenvalue weighted by atomic mass is 9.83. The number of aromatic nitrogens is 2. The van der Waals surface area contributed by atoms with Crippen LogP contribution in [-0.2, 0) is 6.54 Å². The van der Waals surface area contributed by atoms with E-state index in [-0.39, 0.29) is 0 Å². The van der Waals surface area contributed by atoms with Crippen molar-refractivity contribution in [2.24, 2.45) is 5.92 Å². The van der Waals surface area contributed by atoms with Crippen LogP contribution in [0.1, 0.15) is 30.5 Å². The average Bonchev–Trinajstić information content (AvgIpc) is 2.69. The van der Waals surface area contributed by atoms with E-state index in [4.69, 9.17) is 5.26 Å². The summed E-state index contributed by atoms with van der Waals surface area (Å²) < 4.78 is 0. The topological polar surface area (TPSA) is 56.1 Å². The van der Waals surface area contributed by atoms with Crippen LogP contribution in [-0.4, -0.2) is 40.5 Å². The number of hydrogen-bond acceptors (Lipinski definition) is 5. The molecule has 128 valence electrons.